The fourth-order valence-corrected chi connectivity index (χ4v) is 4.78. The Bertz CT molecular complexity index is 891. The van der Waals surface area contributed by atoms with E-state index in [1.54, 1.807) is 7.11 Å². The molecule has 1 spiro atoms. The zero-order chi connectivity index (χ0) is 29.1. The quantitative estimate of drug-likeness (QED) is 0.506. The molecule has 3 rings (SSSR count). The molecule has 1 aromatic rings. The normalized spacial score (nSPS) is 21.8. The lowest BCUT2D eigenvalue weighted by Crippen LogP contribution is -2.63. The Morgan fingerprint density at radius 1 is 1.08 bits per heavy atom. The lowest BCUT2D eigenvalue weighted by molar-refractivity contribution is -0.193. The highest BCUT2D eigenvalue weighted by atomic mass is 19.4. The van der Waals surface area contributed by atoms with Crippen molar-refractivity contribution in [3.63, 3.8) is 0 Å². The Morgan fingerprint density at radius 3 is 2.05 bits per heavy atom. The van der Waals surface area contributed by atoms with Gasteiger partial charge < -0.3 is 19.8 Å². The van der Waals surface area contributed by atoms with Gasteiger partial charge in [0.1, 0.15) is 0 Å². The van der Waals surface area contributed by atoms with Gasteiger partial charge in [-0.15, -0.1) is 0 Å². The number of hydrogen-bond acceptors (Lipinski definition) is 6. The topological polar surface area (TPSA) is 120 Å². The van der Waals surface area contributed by atoms with Gasteiger partial charge in [0.2, 0.25) is 5.91 Å². The number of rotatable bonds is 6. The molecule has 2 fully saturated rings. The molecule has 0 radical (unpaired) electrons. The molecule has 9 nitrogen and oxygen atoms in total. The number of aromatic nitrogens is 1. The van der Waals surface area contributed by atoms with Gasteiger partial charge in [0.05, 0.1) is 12.1 Å². The highest BCUT2D eigenvalue weighted by Gasteiger charge is 2.52. The van der Waals surface area contributed by atoms with Crippen LogP contribution in [0.15, 0.2) is 24.5 Å². The molecular formula is C23H31F6N3O6. The maximum absolute atomic E-state index is 12.5. The van der Waals surface area contributed by atoms with E-state index in [9.17, 15) is 31.1 Å². The van der Waals surface area contributed by atoms with E-state index >= 15 is 0 Å². The fraction of sp³-hybridized carbons (Fsp3) is 0.652. The number of amides is 1. The number of aliphatic carboxylic acids is 2. The lowest BCUT2D eigenvalue weighted by atomic mass is 9.77. The van der Waals surface area contributed by atoms with Gasteiger partial charge in [0, 0.05) is 45.1 Å². The Balaban J connectivity index is 0.000000426. The summed E-state index contributed by atoms with van der Waals surface area (Å²) in [5, 5.41) is 14.2. The zero-order valence-electron chi connectivity index (χ0n) is 20.9. The first kappa shape index (κ1) is 33.1. The van der Waals surface area contributed by atoms with Gasteiger partial charge in [-0.1, -0.05) is 6.92 Å². The van der Waals surface area contributed by atoms with Crippen LogP contribution in [0.3, 0.4) is 0 Å². The molecular weight excluding hydrogens is 528 g/mol. The number of hydrogen-bond donors (Lipinski definition) is 2. The van der Waals surface area contributed by atoms with Crippen molar-refractivity contribution in [2.75, 3.05) is 26.8 Å². The molecule has 1 aromatic heterocycles. The average Bonchev–Trinajstić information content (AvgIpc) is 3.13. The number of piperidine rings is 1. The van der Waals surface area contributed by atoms with E-state index in [2.05, 4.69) is 33.8 Å². The van der Waals surface area contributed by atoms with Crippen LogP contribution in [0.1, 0.15) is 44.6 Å². The maximum Gasteiger partial charge on any atom is 0.490 e. The summed E-state index contributed by atoms with van der Waals surface area (Å²) in [6.45, 7) is 5.64. The zero-order valence-corrected chi connectivity index (χ0v) is 20.9. The van der Waals surface area contributed by atoms with E-state index in [4.69, 9.17) is 24.5 Å². The molecule has 0 saturated carbocycles. The Kier molecular flexibility index (Phi) is 12.4. The fourth-order valence-electron chi connectivity index (χ4n) is 4.78. The third kappa shape index (κ3) is 9.42. The lowest BCUT2D eigenvalue weighted by Gasteiger charge is -2.52. The van der Waals surface area contributed by atoms with Crippen molar-refractivity contribution in [1.82, 2.24) is 14.8 Å². The molecule has 2 atom stereocenters. The van der Waals surface area contributed by atoms with Crippen molar-refractivity contribution in [2.24, 2.45) is 0 Å². The van der Waals surface area contributed by atoms with Gasteiger partial charge in [-0.25, -0.2) is 9.59 Å². The number of ether oxygens (including phenoxy) is 1. The predicted octanol–water partition coefficient (Wildman–Crippen LogP) is 3.73. The maximum atomic E-state index is 12.5. The van der Waals surface area contributed by atoms with Crippen molar-refractivity contribution in [2.45, 2.75) is 69.5 Å². The standard InChI is InChI=1S/C19H29N3O2.2C2HF3O2/c1-3-17-19(9-5-18(23)22(19)13-14-24-2)8-4-12-21(17)15-16-6-10-20-11-7-16;2*3-2(4,5)1(6)7/h6-7,10-11,17H,3-5,8-9,12-15H2,1-2H3;2*(H,6,7)/t17-,19-;;/m0../s1. The van der Waals surface area contributed by atoms with E-state index < -0.39 is 24.3 Å². The monoisotopic (exact) mass is 559 g/mol. The molecule has 38 heavy (non-hydrogen) atoms. The first-order valence-electron chi connectivity index (χ1n) is 11.6. The van der Waals surface area contributed by atoms with Gasteiger partial charge in [0.25, 0.3) is 0 Å². The van der Waals surface area contributed by atoms with Crippen molar-refractivity contribution in [3.05, 3.63) is 30.1 Å². The molecule has 2 N–H and O–H groups in total. The van der Waals surface area contributed by atoms with Crippen LogP contribution in [0.4, 0.5) is 26.3 Å². The average molecular weight is 560 g/mol. The van der Waals surface area contributed by atoms with E-state index in [0.717, 1.165) is 45.3 Å². The smallest absolute Gasteiger partial charge is 0.475 e. The minimum absolute atomic E-state index is 0.00432. The van der Waals surface area contributed by atoms with E-state index in [1.165, 1.54) is 5.56 Å². The Hall–Kier alpha value is -2.94. The number of methoxy groups -OCH3 is 1. The summed E-state index contributed by atoms with van der Waals surface area (Å²) in [5.41, 5.74) is 1.29. The number of alkyl halides is 6. The highest BCUT2D eigenvalue weighted by molar-refractivity contribution is 5.80. The molecule has 3 heterocycles. The number of carbonyl (C=O) groups is 3. The molecule has 1 amide bonds. The summed E-state index contributed by atoms with van der Waals surface area (Å²) in [4.78, 5) is 39.2. The number of nitrogens with zero attached hydrogens (tertiary/aromatic N) is 3. The summed E-state index contributed by atoms with van der Waals surface area (Å²) < 4.78 is 68.7. The molecule has 0 unspecified atom stereocenters. The number of halogens is 6. The van der Waals surface area contributed by atoms with Crippen LogP contribution in [0, 0.1) is 0 Å². The van der Waals surface area contributed by atoms with Crippen LogP contribution in [-0.2, 0) is 25.7 Å². The van der Waals surface area contributed by atoms with Gasteiger partial charge in [-0.05, 0) is 49.9 Å². The van der Waals surface area contributed by atoms with Crippen molar-refractivity contribution < 1.29 is 55.7 Å². The molecule has 216 valence electrons. The highest BCUT2D eigenvalue weighted by Crippen LogP contribution is 2.43. The summed E-state index contributed by atoms with van der Waals surface area (Å²) in [7, 11) is 1.71. The van der Waals surface area contributed by atoms with Crippen molar-refractivity contribution in [3.8, 4) is 0 Å². The second kappa shape index (κ2) is 14.3. The molecule has 0 bridgehead atoms. The molecule has 0 aliphatic carbocycles. The molecule has 0 aromatic carbocycles. The van der Waals surface area contributed by atoms with Crippen molar-refractivity contribution >= 4 is 17.8 Å². The van der Waals surface area contributed by atoms with Crippen molar-refractivity contribution in [1.29, 1.82) is 0 Å². The number of pyridine rings is 1. The van der Waals surface area contributed by atoms with Crippen LogP contribution >= 0.6 is 0 Å². The predicted molar refractivity (Wildman–Crippen MR) is 121 cm³/mol. The summed E-state index contributed by atoms with van der Waals surface area (Å²) in [6, 6.07) is 4.61. The van der Waals surface area contributed by atoms with E-state index in [0.29, 0.717) is 25.0 Å². The van der Waals surface area contributed by atoms with Crippen LogP contribution in [0.25, 0.3) is 0 Å². The molecule has 2 aliphatic rings. The number of carbonyl (C=O) groups excluding carboxylic acids is 1. The minimum atomic E-state index is -5.08. The second-order valence-electron chi connectivity index (χ2n) is 8.60. The Morgan fingerprint density at radius 2 is 1.61 bits per heavy atom. The van der Waals surface area contributed by atoms with Crippen LogP contribution in [-0.4, -0.2) is 93.6 Å². The molecule has 2 aliphatic heterocycles. The SMILES string of the molecule is CC[C@@H]1N(Cc2ccncc2)CCC[C@]12CCC(=O)N2CCOC.O=C(O)C(F)(F)F.O=C(O)C(F)(F)F. The third-order valence-corrected chi connectivity index (χ3v) is 6.25. The van der Waals surface area contributed by atoms with Gasteiger partial charge >= 0.3 is 24.3 Å². The number of likely N-dealkylation sites (tertiary alicyclic amines) is 2. The number of carboxylic acid groups (broad SMARTS) is 2. The summed E-state index contributed by atoms with van der Waals surface area (Å²) in [6.07, 6.45) is -1.43. The first-order chi connectivity index (χ1) is 17.6. The van der Waals surface area contributed by atoms with Gasteiger partial charge in [-0.2, -0.15) is 26.3 Å². The molecule has 2 saturated heterocycles. The third-order valence-electron chi connectivity index (χ3n) is 6.25. The molecule has 15 heteroatoms. The minimum Gasteiger partial charge on any atom is -0.475 e. The van der Waals surface area contributed by atoms with Crippen LogP contribution < -0.4 is 0 Å². The number of carboxylic acids is 2. The van der Waals surface area contributed by atoms with E-state index in [-0.39, 0.29) is 5.54 Å². The summed E-state index contributed by atoms with van der Waals surface area (Å²) >= 11 is 0. The second-order valence-corrected chi connectivity index (χ2v) is 8.60. The Labute approximate surface area is 215 Å². The van der Waals surface area contributed by atoms with E-state index in [1.807, 2.05) is 12.4 Å². The summed E-state index contributed by atoms with van der Waals surface area (Å²) in [5.74, 6) is -5.21. The van der Waals surface area contributed by atoms with Gasteiger partial charge in [-0.3, -0.25) is 14.7 Å². The van der Waals surface area contributed by atoms with Crippen LogP contribution in [0.5, 0.6) is 0 Å². The largest absolute Gasteiger partial charge is 0.490 e. The first-order valence-corrected chi connectivity index (χ1v) is 11.6. The van der Waals surface area contributed by atoms with Gasteiger partial charge in [0.15, 0.2) is 0 Å². The van der Waals surface area contributed by atoms with Crippen LogP contribution in [0.2, 0.25) is 0 Å².